The maximum atomic E-state index is 5.51. The Morgan fingerprint density at radius 1 is 1.20 bits per heavy atom. The van der Waals surface area contributed by atoms with Crippen LogP contribution in [0.5, 0.6) is 0 Å². The Bertz CT molecular complexity index is 89.7. The van der Waals surface area contributed by atoms with E-state index >= 15 is 0 Å². The quantitative estimate of drug-likeness (QED) is 0.411. The van der Waals surface area contributed by atoms with Crippen LogP contribution in [0.25, 0.3) is 0 Å². The minimum atomic E-state index is -1.78. The second kappa shape index (κ2) is 6.15. The summed E-state index contributed by atoms with van der Waals surface area (Å²) in [6.45, 7) is 5.66. The first kappa shape index (κ1) is 11.6. The third-order valence-corrected chi connectivity index (χ3v) is 5.69. The number of hydrogen-bond acceptors (Lipinski definition) is 2. The van der Waals surface area contributed by atoms with E-state index in [1.807, 2.05) is 6.92 Å². The van der Waals surface area contributed by atoms with Crippen molar-refractivity contribution in [3.8, 4) is 0 Å². The second-order valence-corrected chi connectivity index (χ2v) is 18.0. The summed E-state index contributed by atoms with van der Waals surface area (Å²) in [6, 6.07) is 0. The zero-order chi connectivity index (χ0) is 8.04. The molecule has 0 atom stereocenters. The summed E-state index contributed by atoms with van der Waals surface area (Å²) in [7, 11) is 0. The highest BCUT2D eigenvalue weighted by molar-refractivity contribution is 14.3. The second-order valence-electron chi connectivity index (χ2n) is 1.74. The first-order valence-electron chi connectivity index (χ1n) is 3.28. The first-order chi connectivity index (χ1) is 4.62. The van der Waals surface area contributed by atoms with Gasteiger partial charge in [-0.3, -0.25) is 0 Å². The molecule has 0 saturated carbocycles. The van der Waals surface area contributed by atoms with Gasteiger partial charge < -0.3 is 8.85 Å². The standard InChI is InChI=1S/C5H12I2O2Si/c1-3-5-9-10(6,7)8-4-2/h3-5H2,1-2H3. The van der Waals surface area contributed by atoms with E-state index in [0.717, 1.165) is 19.6 Å². The highest BCUT2D eigenvalue weighted by Crippen LogP contribution is 2.24. The highest BCUT2D eigenvalue weighted by atomic mass is 127. The van der Waals surface area contributed by atoms with Gasteiger partial charge in [-0.2, -0.15) is 0 Å². The minimum absolute atomic E-state index is 0.752. The molecule has 0 bridgehead atoms. The van der Waals surface area contributed by atoms with Crippen molar-refractivity contribution in [2.24, 2.45) is 0 Å². The topological polar surface area (TPSA) is 18.5 Å². The van der Waals surface area contributed by atoms with Crippen molar-refractivity contribution in [1.29, 1.82) is 0 Å². The summed E-state index contributed by atoms with van der Waals surface area (Å²) in [4.78, 5) is 0. The number of hydrogen-bond donors (Lipinski definition) is 0. The van der Waals surface area contributed by atoms with Crippen molar-refractivity contribution in [2.45, 2.75) is 20.3 Å². The molecule has 0 aliphatic rings. The van der Waals surface area contributed by atoms with Crippen LogP contribution < -0.4 is 0 Å². The smallest absolute Gasteiger partial charge is 0.380 e. The molecular formula is C5H12I2O2Si. The Morgan fingerprint density at radius 3 is 2.20 bits per heavy atom. The summed E-state index contributed by atoms with van der Waals surface area (Å²) >= 11 is 4.56. The lowest BCUT2D eigenvalue weighted by atomic mass is 10.5. The molecule has 0 aromatic carbocycles. The van der Waals surface area contributed by atoms with Crippen LogP contribution in [0.15, 0.2) is 0 Å². The Labute approximate surface area is 88.7 Å². The molecule has 0 radical (unpaired) electrons. The molecule has 0 aliphatic carbocycles. The Morgan fingerprint density at radius 2 is 1.80 bits per heavy atom. The molecule has 0 saturated heterocycles. The molecule has 0 heterocycles. The van der Waals surface area contributed by atoms with E-state index in [1.165, 1.54) is 0 Å². The maximum absolute atomic E-state index is 5.51. The van der Waals surface area contributed by atoms with E-state index < -0.39 is 3.55 Å². The van der Waals surface area contributed by atoms with Crippen LogP contribution in [0.1, 0.15) is 20.3 Å². The molecule has 0 aromatic heterocycles. The van der Waals surface area contributed by atoms with Gasteiger partial charge in [0.25, 0.3) is 0 Å². The van der Waals surface area contributed by atoms with Gasteiger partial charge in [-0.25, -0.2) is 0 Å². The van der Waals surface area contributed by atoms with Crippen molar-refractivity contribution in [1.82, 2.24) is 0 Å². The summed E-state index contributed by atoms with van der Waals surface area (Å²) < 4.78 is 9.15. The van der Waals surface area contributed by atoms with Gasteiger partial charge in [-0.1, -0.05) is 6.92 Å². The van der Waals surface area contributed by atoms with Gasteiger partial charge in [-0.05, 0) is 56.9 Å². The van der Waals surface area contributed by atoms with Gasteiger partial charge in [0, 0.05) is 13.2 Å². The van der Waals surface area contributed by atoms with E-state index in [2.05, 4.69) is 50.5 Å². The van der Waals surface area contributed by atoms with Crippen LogP contribution in [0.4, 0.5) is 0 Å². The number of halogens is 2. The molecule has 2 nitrogen and oxygen atoms in total. The van der Waals surface area contributed by atoms with Gasteiger partial charge >= 0.3 is 3.55 Å². The molecule has 62 valence electrons. The molecule has 0 aliphatic heterocycles. The van der Waals surface area contributed by atoms with Crippen molar-refractivity contribution >= 4 is 47.1 Å². The highest BCUT2D eigenvalue weighted by Gasteiger charge is 2.29. The molecular weight excluding hydrogens is 374 g/mol. The number of rotatable bonds is 5. The summed E-state index contributed by atoms with van der Waals surface area (Å²) in [5, 5.41) is 0. The fourth-order valence-electron chi connectivity index (χ4n) is 0.431. The Hall–Kier alpha value is 1.60. The molecule has 0 N–H and O–H groups in total. The third kappa shape index (κ3) is 6.32. The van der Waals surface area contributed by atoms with Crippen molar-refractivity contribution < 1.29 is 8.85 Å². The molecule has 5 heteroatoms. The maximum Gasteiger partial charge on any atom is 0.476 e. The van der Waals surface area contributed by atoms with E-state index in [1.54, 1.807) is 0 Å². The van der Waals surface area contributed by atoms with Crippen molar-refractivity contribution in [3.63, 3.8) is 0 Å². The van der Waals surface area contributed by atoms with Crippen molar-refractivity contribution in [2.75, 3.05) is 13.2 Å². The van der Waals surface area contributed by atoms with Gasteiger partial charge in [-0.15, -0.1) is 0 Å². The summed E-state index contributed by atoms with van der Waals surface area (Å²) in [5.41, 5.74) is 0. The molecule has 0 fully saturated rings. The van der Waals surface area contributed by atoms with Gasteiger partial charge in [0.05, 0.1) is 0 Å². The molecule has 0 spiro atoms. The average Bonchev–Trinajstić information content (AvgIpc) is 1.84. The minimum Gasteiger partial charge on any atom is -0.380 e. The summed E-state index contributed by atoms with van der Waals surface area (Å²) in [6.07, 6.45) is 1.06. The predicted octanol–water partition coefficient (Wildman–Crippen LogP) is 2.76. The molecule has 0 rings (SSSR count). The van der Waals surface area contributed by atoms with Crippen LogP contribution in [0, 0.1) is 0 Å². The molecule has 10 heavy (non-hydrogen) atoms. The fraction of sp³-hybridized carbons (Fsp3) is 1.00. The van der Waals surface area contributed by atoms with Gasteiger partial charge in [0.1, 0.15) is 0 Å². The molecule has 0 unspecified atom stereocenters. The fourth-order valence-corrected chi connectivity index (χ4v) is 4.48. The molecule has 0 aromatic rings. The predicted molar refractivity (Wildman–Crippen MR) is 61.7 cm³/mol. The third-order valence-electron chi connectivity index (χ3n) is 0.787. The SMILES string of the molecule is CCCO[Si](I)(I)OCC. The van der Waals surface area contributed by atoms with Gasteiger partial charge in [0.15, 0.2) is 0 Å². The Balaban J connectivity index is 3.42. The van der Waals surface area contributed by atoms with E-state index in [4.69, 9.17) is 8.85 Å². The lowest BCUT2D eigenvalue weighted by molar-refractivity contribution is 0.224. The van der Waals surface area contributed by atoms with Crippen LogP contribution >= 0.6 is 43.6 Å². The van der Waals surface area contributed by atoms with Crippen LogP contribution in [0.2, 0.25) is 0 Å². The first-order valence-corrected chi connectivity index (χ1v) is 11.3. The zero-order valence-corrected chi connectivity index (χ0v) is 11.5. The van der Waals surface area contributed by atoms with Crippen molar-refractivity contribution in [3.05, 3.63) is 0 Å². The zero-order valence-electron chi connectivity index (χ0n) is 6.19. The van der Waals surface area contributed by atoms with Crippen LogP contribution in [0.3, 0.4) is 0 Å². The van der Waals surface area contributed by atoms with E-state index in [9.17, 15) is 0 Å². The lowest BCUT2D eigenvalue weighted by Crippen LogP contribution is -2.27. The Kier molecular flexibility index (Phi) is 7.13. The summed E-state index contributed by atoms with van der Waals surface area (Å²) in [5.74, 6) is 0. The van der Waals surface area contributed by atoms with E-state index in [0.29, 0.717) is 0 Å². The van der Waals surface area contributed by atoms with E-state index in [-0.39, 0.29) is 0 Å². The average molecular weight is 386 g/mol. The monoisotopic (exact) mass is 386 g/mol. The largest absolute Gasteiger partial charge is 0.476 e. The molecule has 0 amide bonds. The van der Waals surface area contributed by atoms with Crippen LogP contribution in [-0.2, 0) is 8.85 Å². The van der Waals surface area contributed by atoms with Crippen LogP contribution in [-0.4, -0.2) is 16.8 Å². The normalized spacial score (nSPS) is 12.0. The lowest BCUT2D eigenvalue weighted by Gasteiger charge is -2.16. The van der Waals surface area contributed by atoms with Gasteiger partial charge in [0.2, 0.25) is 0 Å².